The molecule has 0 saturated carbocycles. The molecule has 0 bridgehead atoms. The van der Waals surface area contributed by atoms with Gasteiger partial charge < -0.3 is 10.0 Å². The number of carboxylic acid groups (broad SMARTS) is 1. The molecule has 0 unspecified atom stereocenters. The number of pyridine rings is 1. The van der Waals surface area contributed by atoms with E-state index in [1.54, 1.807) is 18.3 Å². The number of aromatic nitrogens is 1. The number of amides is 1. The number of hydrogen-bond donors (Lipinski definition) is 1. The number of carbonyl (C=O) groups excluding carboxylic acids is 1. The van der Waals surface area contributed by atoms with Gasteiger partial charge in [0.1, 0.15) is 5.54 Å². The van der Waals surface area contributed by atoms with Crippen LogP contribution in [0.5, 0.6) is 0 Å². The van der Waals surface area contributed by atoms with E-state index in [0.717, 1.165) is 0 Å². The first-order valence-electron chi connectivity index (χ1n) is 4.79. The highest BCUT2D eigenvalue weighted by atomic mass is 16.4. The number of aliphatic carboxylic acids is 1. The summed E-state index contributed by atoms with van der Waals surface area (Å²) in [5.41, 5.74) is -0.869. The van der Waals surface area contributed by atoms with E-state index in [1.807, 2.05) is 0 Å². The number of likely N-dealkylation sites (N-methyl/N-ethyl adjacent to an activating group) is 1. The van der Waals surface area contributed by atoms with Crippen molar-refractivity contribution in [2.45, 2.75) is 19.4 Å². The molecule has 1 heterocycles. The van der Waals surface area contributed by atoms with Crippen molar-refractivity contribution in [2.24, 2.45) is 0 Å². The van der Waals surface area contributed by atoms with E-state index in [2.05, 4.69) is 4.98 Å². The van der Waals surface area contributed by atoms with Gasteiger partial charge in [0, 0.05) is 19.4 Å². The lowest BCUT2D eigenvalue weighted by Gasteiger charge is -2.31. The van der Waals surface area contributed by atoms with Crippen molar-refractivity contribution in [1.29, 1.82) is 0 Å². The van der Waals surface area contributed by atoms with Crippen molar-refractivity contribution >= 4 is 11.9 Å². The second-order valence-corrected chi connectivity index (χ2v) is 3.97. The zero-order chi connectivity index (χ0) is 12.3. The fraction of sp³-hybridized carbons (Fsp3) is 0.364. The maximum absolute atomic E-state index is 11.9. The van der Waals surface area contributed by atoms with Crippen LogP contribution in [-0.4, -0.2) is 39.5 Å². The first-order valence-corrected chi connectivity index (χ1v) is 4.79. The highest BCUT2D eigenvalue weighted by Crippen LogP contribution is 2.15. The van der Waals surface area contributed by atoms with E-state index in [-0.39, 0.29) is 5.91 Å². The maximum Gasteiger partial charge on any atom is 0.329 e. The summed E-state index contributed by atoms with van der Waals surface area (Å²) in [5, 5.41) is 9.00. The number of hydrogen-bond acceptors (Lipinski definition) is 3. The summed E-state index contributed by atoms with van der Waals surface area (Å²) < 4.78 is 0. The molecule has 1 aromatic heterocycles. The minimum atomic E-state index is -1.24. The zero-order valence-electron chi connectivity index (χ0n) is 9.47. The molecule has 5 nitrogen and oxygen atoms in total. The van der Waals surface area contributed by atoms with Crippen LogP contribution in [0.25, 0.3) is 0 Å². The molecule has 0 aliphatic heterocycles. The van der Waals surface area contributed by atoms with Gasteiger partial charge >= 0.3 is 5.97 Å². The smallest absolute Gasteiger partial charge is 0.329 e. The average Bonchev–Trinajstić information content (AvgIpc) is 2.28. The summed E-state index contributed by atoms with van der Waals surface area (Å²) in [7, 11) is 1.46. The standard InChI is InChI=1S/C11H14N2O3/c1-11(2,10(15)16)13(3)9(14)8-5-4-6-12-7-8/h4-7H,1-3H3,(H,15,16). The van der Waals surface area contributed by atoms with E-state index < -0.39 is 11.5 Å². The Morgan fingerprint density at radius 1 is 1.44 bits per heavy atom. The molecule has 86 valence electrons. The highest BCUT2D eigenvalue weighted by Gasteiger charge is 2.35. The van der Waals surface area contributed by atoms with Gasteiger partial charge in [-0.25, -0.2) is 4.79 Å². The lowest BCUT2D eigenvalue weighted by molar-refractivity contribution is -0.147. The molecule has 1 N–H and O–H groups in total. The van der Waals surface area contributed by atoms with E-state index >= 15 is 0 Å². The van der Waals surface area contributed by atoms with Crippen molar-refractivity contribution < 1.29 is 14.7 Å². The molecule has 1 rings (SSSR count). The normalized spacial score (nSPS) is 10.9. The lowest BCUT2D eigenvalue weighted by Crippen LogP contribution is -2.50. The largest absolute Gasteiger partial charge is 0.480 e. The molecular weight excluding hydrogens is 208 g/mol. The third-order valence-electron chi connectivity index (χ3n) is 2.58. The summed E-state index contributed by atoms with van der Waals surface area (Å²) in [4.78, 5) is 27.9. The van der Waals surface area contributed by atoms with E-state index in [1.165, 1.54) is 32.0 Å². The molecular formula is C11H14N2O3. The van der Waals surface area contributed by atoms with Crippen LogP contribution in [-0.2, 0) is 4.79 Å². The van der Waals surface area contributed by atoms with Crippen LogP contribution in [0, 0.1) is 0 Å². The Labute approximate surface area is 93.7 Å². The van der Waals surface area contributed by atoms with Gasteiger partial charge in [-0.05, 0) is 26.0 Å². The second kappa shape index (κ2) is 4.30. The van der Waals surface area contributed by atoms with E-state index in [0.29, 0.717) is 5.56 Å². The lowest BCUT2D eigenvalue weighted by atomic mass is 10.0. The van der Waals surface area contributed by atoms with Gasteiger partial charge in [-0.1, -0.05) is 0 Å². The number of rotatable bonds is 3. The Balaban J connectivity index is 2.96. The topological polar surface area (TPSA) is 70.5 Å². The molecule has 0 spiro atoms. The third kappa shape index (κ3) is 2.18. The van der Waals surface area contributed by atoms with Crippen LogP contribution in [0.2, 0.25) is 0 Å². The summed E-state index contributed by atoms with van der Waals surface area (Å²) >= 11 is 0. The third-order valence-corrected chi connectivity index (χ3v) is 2.58. The molecule has 1 amide bonds. The van der Waals surface area contributed by atoms with Crippen LogP contribution >= 0.6 is 0 Å². The van der Waals surface area contributed by atoms with E-state index in [9.17, 15) is 9.59 Å². The van der Waals surface area contributed by atoms with Crippen LogP contribution in [0.15, 0.2) is 24.5 Å². The Kier molecular flexibility index (Phi) is 3.27. The molecule has 5 heteroatoms. The monoisotopic (exact) mass is 222 g/mol. The molecule has 0 aromatic carbocycles. The SMILES string of the molecule is CN(C(=O)c1cccnc1)C(C)(C)C(=O)O. The average molecular weight is 222 g/mol. The van der Waals surface area contributed by atoms with E-state index in [4.69, 9.17) is 5.11 Å². The van der Waals surface area contributed by atoms with Gasteiger partial charge in [0.25, 0.3) is 5.91 Å². The molecule has 0 saturated heterocycles. The van der Waals surface area contributed by atoms with Crippen LogP contribution in [0.3, 0.4) is 0 Å². The number of nitrogens with zero attached hydrogens (tertiary/aromatic N) is 2. The summed E-state index contributed by atoms with van der Waals surface area (Å²) in [5.74, 6) is -1.41. The van der Waals surface area contributed by atoms with Crippen molar-refractivity contribution in [3.8, 4) is 0 Å². The van der Waals surface area contributed by atoms with Gasteiger partial charge in [-0.2, -0.15) is 0 Å². The van der Waals surface area contributed by atoms with Crippen molar-refractivity contribution in [1.82, 2.24) is 9.88 Å². The minimum Gasteiger partial charge on any atom is -0.480 e. The summed E-state index contributed by atoms with van der Waals surface area (Å²) in [6, 6.07) is 3.23. The van der Waals surface area contributed by atoms with Crippen molar-refractivity contribution in [2.75, 3.05) is 7.05 Å². The quantitative estimate of drug-likeness (QED) is 0.828. The van der Waals surface area contributed by atoms with Gasteiger partial charge in [-0.15, -0.1) is 0 Å². The molecule has 1 aromatic rings. The van der Waals surface area contributed by atoms with Crippen molar-refractivity contribution in [3.63, 3.8) is 0 Å². The Hall–Kier alpha value is -1.91. The molecule has 0 atom stereocenters. The summed E-state index contributed by atoms with van der Waals surface area (Å²) in [6.07, 6.45) is 2.97. The first-order chi connectivity index (χ1) is 7.37. The van der Waals surface area contributed by atoms with Crippen molar-refractivity contribution in [3.05, 3.63) is 30.1 Å². The Bertz CT molecular complexity index is 401. The van der Waals surface area contributed by atoms with Crippen LogP contribution < -0.4 is 0 Å². The highest BCUT2D eigenvalue weighted by molar-refractivity contribution is 5.97. The fourth-order valence-electron chi connectivity index (χ4n) is 1.08. The second-order valence-electron chi connectivity index (χ2n) is 3.97. The van der Waals surface area contributed by atoms with Crippen LogP contribution in [0.4, 0.5) is 0 Å². The fourth-order valence-corrected chi connectivity index (χ4v) is 1.08. The molecule has 16 heavy (non-hydrogen) atoms. The predicted molar refractivity (Wildman–Crippen MR) is 58.0 cm³/mol. The molecule has 0 radical (unpaired) electrons. The van der Waals surface area contributed by atoms with Gasteiger partial charge in [0.2, 0.25) is 0 Å². The Morgan fingerprint density at radius 2 is 2.06 bits per heavy atom. The first kappa shape index (κ1) is 12.2. The minimum absolute atomic E-state index is 0.361. The number of carbonyl (C=O) groups is 2. The van der Waals surface area contributed by atoms with Gasteiger partial charge in [0.05, 0.1) is 5.56 Å². The Morgan fingerprint density at radius 3 is 2.50 bits per heavy atom. The summed E-state index contributed by atoms with van der Waals surface area (Å²) in [6.45, 7) is 2.95. The van der Waals surface area contributed by atoms with Gasteiger partial charge in [0.15, 0.2) is 0 Å². The number of carboxylic acids is 1. The predicted octanol–water partition coefficient (Wildman–Crippen LogP) is 1.02. The molecule has 0 aliphatic rings. The van der Waals surface area contributed by atoms with Crippen LogP contribution in [0.1, 0.15) is 24.2 Å². The molecule has 0 aliphatic carbocycles. The maximum atomic E-state index is 11.9. The molecule has 0 fully saturated rings. The zero-order valence-corrected chi connectivity index (χ0v) is 9.47. The van der Waals surface area contributed by atoms with Gasteiger partial charge in [-0.3, -0.25) is 9.78 Å².